The third-order valence-electron chi connectivity index (χ3n) is 2.61. The van der Waals surface area contributed by atoms with Gasteiger partial charge in [-0.2, -0.15) is 0 Å². The fraction of sp³-hybridized carbons (Fsp3) is 0.333. The third-order valence-corrected chi connectivity index (χ3v) is 4.24. The van der Waals surface area contributed by atoms with Crippen molar-refractivity contribution >= 4 is 38.6 Å². The molecule has 0 aliphatic carbocycles. The molecule has 2 rings (SSSR count). The Hall–Kier alpha value is -0.850. The first kappa shape index (κ1) is 13.6. The topological polar surface area (TPSA) is 41.9 Å². The molecule has 96 valence electrons. The highest BCUT2D eigenvalue weighted by Gasteiger charge is 2.28. The minimum absolute atomic E-state index is 0.114. The summed E-state index contributed by atoms with van der Waals surface area (Å²) in [6.07, 6.45) is 0. The Bertz CT molecular complexity index is 475. The van der Waals surface area contributed by atoms with Crippen LogP contribution in [0.5, 0.6) is 0 Å². The molecule has 1 aromatic carbocycles. The molecule has 1 aromatic rings. The molecule has 6 heteroatoms. The number of halogens is 1. The number of nitrogens with zero attached hydrogens (tertiary/aromatic N) is 2. The zero-order valence-electron chi connectivity index (χ0n) is 10.1. The van der Waals surface area contributed by atoms with E-state index in [4.69, 9.17) is 4.84 Å². The van der Waals surface area contributed by atoms with Crippen molar-refractivity contribution in [2.24, 2.45) is 4.99 Å². The minimum atomic E-state index is -0.349. The normalized spacial score (nSPS) is 18.6. The zero-order chi connectivity index (χ0) is 13.1. The number of hydrogen-bond acceptors (Lipinski definition) is 4. The molecule has 0 saturated carbocycles. The highest BCUT2D eigenvalue weighted by atomic mass is 79.9. The largest absolute Gasteiger partial charge is 0.274 e. The van der Waals surface area contributed by atoms with E-state index in [1.807, 2.05) is 24.3 Å². The first-order chi connectivity index (χ1) is 8.61. The van der Waals surface area contributed by atoms with E-state index in [-0.39, 0.29) is 11.9 Å². The molecular formula is C12H13BrN2O2S. The number of thioether (sulfide) groups is 1. The summed E-state index contributed by atoms with van der Waals surface area (Å²) >= 11 is 4.99. The molecule has 0 radical (unpaired) electrons. The number of hydroxylamine groups is 2. The lowest BCUT2D eigenvalue weighted by Gasteiger charge is -2.15. The van der Waals surface area contributed by atoms with Gasteiger partial charge in [-0.05, 0) is 12.1 Å². The number of amides is 1. The first-order valence-corrected chi connectivity index (χ1v) is 7.18. The molecule has 18 heavy (non-hydrogen) atoms. The van der Waals surface area contributed by atoms with Gasteiger partial charge >= 0.3 is 0 Å². The van der Waals surface area contributed by atoms with Gasteiger partial charge in [0.1, 0.15) is 6.04 Å². The Morgan fingerprint density at radius 2 is 2.17 bits per heavy atom. The standard InChI is InChI=1S/C12H13BrN2O2S/c1-15(17-2)12(16)10-7-18-11(14-10)8-3-5-9(13)6-4-8/h3-6,10H,7H2,1-2H3/t10-/m0/s1. The molecule has 1 atom stereocenters. The predicted molar refractivity (Wildman–Crippen MR) is 76.7 cm³/mol. The molecule has 0 saturated heterocycles. The summed E-state index contributed by atoms with van der Waals surface area (Å²) in [5.74, 6) is 0.551. The second-order valence-corrected chi connectivity index (χ2v) is 5.71. The zero-order valence-corrected chi connectivity index (χ0v) is 12.5. The van der Waals surface area contributed by atoms with E-state index in [1.165, 1.54) is 12.2 Å². The van der Waals surface area contributed by atoms with Crippen molar-refractivity contribution in [3.63, 3.8) is 0 Å². The second-order valence-electron chi connectivity index (χ2n) is 3.79. The van der Waals surface area contributed by atoms with Crippen LogP contribution in [0.4, 0.5) is 0 Å². The van der Waals surface area contributed by atoms with Crippen LogP contribution >= 0.6 is 27.7 Å². The fourth-order valence-electron chi connectivity index (χ4n) is 1.55. The molecule has 0 unspecified atom stereocenters. The minimum Gasteiger partial charge on any atom is -0.274 e. The SMILES string of the molecule is CON(C)C(=O)[C@@H]1CSC(c2ccc(Br)cc2)=N1. The van der Waals surface area contributed by atoms with E-state index in [0.29, 0.717) is 5.75 Å². The van der Waals surface area contributed by atoms with Crippen LogP contribution < -0.4 is 0 Å². The van der Waals surface area contributed by atoms with Gasteiger partial charge in [-0.15, -0.1) is 11.8 Å². The Labute approximate surface area is 118 Å². The van der Waals surface area contributed by atoms with E-state index in [0.717, 1.165) is 15.1 Å². The van der Waals surface area contributed by atoms with E-state index in [9.17, 15) is 4.79 Å². The maximum absolute atomic E-state index is 11.9. The third kappa shape index (κ3) is 2.93. The maximum Gasteiger partial charge on any atom is 0.271 e. The van der Waals surface area contributed by atoms with E-state index < -0.39 is 0 Å². The molecule has 0 bridgehead atoms. The monoisotopic (exact) mass is 328 g/mol. The van der Waals surface area contributed by atoms with Crippen molar-refractivity contribution in [1.82, 2.24) is 5.06 Å². The Morgan fingerprint density at radius 3 is 2.78 bits per heavy atom. The molecule has 4 nitrogen and oxygen atoms in total. The van der Waals surface area contributed by atoms with Gasteiger partial charge in [-0.3, -0.25) is 14.6 Å². The van der Waals surface area contributed by atoms with Crippen LogP contribution in [0.2, 0.25) is 0 Å². The summed E-state index contributed by atoms with van der Waals surface area (Å²) in [4.78, 5) is 21.2. The summed E-state index contributed by atoms with van der Waals surface area (Å²) in [6.45, 7) is 0. The Kier molecular flexibility index (Phi) is 4.42. The first-order valence-electron chi connectivity index (χ1n) is 5.40. The number of likely N-dealkylation sites (N-methyl/N-ethyl adjacent to an activating group) is 1. The lowest BCUT2D eigenvalue weighted by atomic mass is 10.2. The molecule has 0 fully saturated rings. The van der Waals surface area contributed by atoms with Gasteiger partial charge in [0.05, 0.1) is 12.2 Å². The van der Waals surface area contributed by atoms with Crippen LogP contribution in [0.1, 0.15) is 5.56 Å². The summed E-state index contributed by atoms with van der Waals surface area (Å²) in [5, 5.41) is 2.13. The Balaban J connectivity index is 2.13. The highest BCUT2D eigenvalue weighted by Crippen LogP contribution is 2.25. The maximum atomic E-state index is 11.9. The molecule has 1 amide bonds. The summed E-state index contributed by atoms with van der Waals surface area (Å²) in [7, 11) is 3.07. The lowest BCUT2D eigenvalue weighted by molar-refractivity contribution is -0.169. The van der Waals surface area contributed by atoms with Gasteiger partial charge in [0.15, 0.2) is 0 Å². The van der Waals surface area contributed by atoms with Crippen molar-refractivity contribution in [2.75, 3.05) is 19.9 Å². The predicted octanol–water partition coefficient (Wildman–Crippen LogP) is 2.33. The van der Waals surface area contributed by atoms with Crippen LogP contribution in [0.25, 0.3) is 0 Å². The van der Waals surface area contributed by atoms with Gasteiger partial charge in [0, 0.05) is 22.8 Å². The van der Waals surface area contributed by atoms with Crippen molar-refractivity contribution in [2.45, 2.75) is 6.04 Å². The van der Waals surface area contributed by atoms with E-state index in [2.05, 4.69) is 20.9 Å². The van der Waals surface area contributed by atoms with Crippen molar-refractivity contribution in [3.8, 4) is 0 Å². The number of aliphatic imine (C=N–C) groups is 1. The smallest absolute Gasteiger partial charge is 0.271 e. The van der Waals surface area contributed by atoms with Crippen LogP contribution in [0.3, 0.4) is 0 Å². The number of carbonyl (C=O) groups is 1. The summed E-state index contributed by atoms with van der Waals surface area (Å²) in [6, 6.07) is 7.56. The average molecular weight is 329 g/mol. The van der Waals surface area contributed by atoms with Gasteiger partial charge in [-0.1, -0.05) is 28.1 Å². The van der Waals surface area contributed by atoms with Crippen molar-refractivity contribution in [3.05, 3.63) is 34.3 Å². The quantitative estimate of drug-likeness (QED) is 0.800. The van der Waals surface area contributed by atoms with E-state index in [1.54, 1.807) is 18.8 Å². The molecule has 1 heterocycles. The molecule has 1 aliphatic heterocycles. The van der Waals surface area contributed by atoms with Crippen LogP contribution in [-0.2, 0) is 9.63 Å². The van der Waals surface area contributed by atoms with Gasteiger partial charge in [0.25, 0.3) is 5.91 Å². The van der Waals surface area contributed by atoms with E-state index >= 15 is 0 Å². The molecule has 0 N–H and O–H groups in total. The van der Waals surface area contributed by atoms with Gasteiger partial charge in [0.2, 0.25) is 0 Å². The van der Waals surface area contributed by atoms with Gasteiger partial charge < -0.3 is 0 Å². The molecule has 0 aromatic heterocycles. The van der Waals surface area contributed by atoms with Crippen molar-refractivity contribution in [1.29, 1.82) is 0 Å². The van der Waals surface area contributed by atoms with Crippen LogP contribution in [-0.4, -0.2) is 42.0 Å². The molecular weight excluding hydrogens is 316 g/mol. The van der Waals surface area contributed by atoms with Crippen LogP contribution in [0.15, 0.2) is 33.7 Å². The second kappa shape index (κ2) is 5.86. The highest BCUT2D eigenvalue weighted by molar-refractivity contribution is 9.10. The lowest BCUT2D eigenvalue weighted by Crippen LogP contribution is -2.34. The number of carbonyl (C=O) groups excluding carboxylic acids is 1. The average Bonchev–Trinajstić information content (AvgIpc) is 2.87. The fourth-order valence-corrected chi connectivity index (χ4v) is 2.85. The number of hydrogen-bond donors (Lipinski definition) is 0. The van der Waals surface area contributed by atoms with Gasteiger partial charge in [-0.25, -0.2) is 5.06 Å². The summed E-state index contributed by atoms with van der Waals surface area (Å²) in [5.41, 5.74) is 1.04. The van der Waals surface area contributed by atoms with Crippen molar-refractivity contribution < 1.29 is 9.63 Å². The number of benzene rings is 1. The Morgan fingerprint density at radius 1 is 1.50 bits per heavy atom. The molecule has 0 spiro atoms. The summed E-state index contributed by atoms with van der Waals surface area (Å²) < 4.78 is 1.03. The number of rotatable bonds is 3. The molecule has 1 aliphatic rings. The van der Waals surface area contributed by atoms with Crippen LogP contribution in [0, 0.1) is 0 Å².